The minimum Gasteiger partial charge on any atom is -0.490 e. The summed E-state index contributed by atoms with van der Waals surface area (Å²) in [5, 5.41) is 2.86. The van der Waals surface area contributed by atoms with Crippen LogP contribution in [0.2, 0.25) is 0 Å². The molecule has 0 radical (unpaired) electrons. The normalized spacial score (nSPS) is 10.4. The van der Waals surface area contributed by atoms with Crippen LogP contribution in [0.3, 0.4) is 0 Å². The fourth-order valence-corrected chi connectivity index (χ4v) is 2.77. The van der Waals surface area contributed by atoms with E-state index in [-0.39, 0.29) is 24.4 Å². The van der Waals surface area contributed by atoms with Crippen molar-refractivity contribution in [3.63, 3.8) is 0 Å². The molecule has 1 N–H and O–H groups in total. The highest BCUT2D eigenvalue weighted by molar-refractivity contribution is 5.75. The van der Waals surface area contributed by atoms with Crippen LogP contribution in [0.4, 0.5) is 0 Å². The number of nitrogens with one attached hydrogen (secondary N) is 1. The molecule has 0 unspecified atom stereocenters. The lowest BCUT2D eigenvalue weighted by molar-refractivity contribution is -0.121. The highest BCUT2D eigenvalue weighted by Crippen LogP contribution is 2.31. The van der Waals surface area contributed by atoms with Crippen LogP contribution in [0.1, 0.15) is 25.3 Å². The molecular weight excluding hydrogens is 382 g/mol. The molecule has 3 rings (SSSR count). The van der Waals surface area contributed by atoms with Crippen molar-refractivity contribution in [2.75, 3.05) is 6.61 Å². The van der Waals surface area contributed by atoms with Crippen molar-refractivity contribution in [2.45, 2.75) is 32.9 Å². The molecule has 1 aromatic carbocycles. The van der Waals surface area contributed by atoms with Crippen LogP contribution in [-0.4, -0.2) is 22.1 Å². The van der Waals surface area contributed by atoms with Gasteiger partial charge in [0.25, 0.3) is 5.56 Å². The Labute approximate surface area is 175 Å². The minimum absolute atomic E-state index is 0.128. The number of para-hydroxylation sites is 2. The number of hydrogen-bond donors (Lipinski definition) is 1. The lowest BCUT2D eigenvalue weighted by atomic mass is 10.2. The Morgan fingerprint density at radius 3 is 2.67 bits per heavy atom. The van der Waals surface area contributed by atoms with E-state index in [9.17, 15) is 9.59 Å². The maximum Gasteiger partial charge on any atom is 0.250 e. The van der Waals surface area contributed by atoms with Crippen molar-refractivity contribution in [2.24, 2.45) is 0 Å². The van der Waals surface area contributed by atoms with Gasteiger partial charge in [-0.1, -0.05) is 31.2 Å². The van der Waals surface area contributed by atoms with Crippen LogP contribution >= 0.6 is 0 Å². The van der Waals surface area contributed by atoms with Gasteiger partial charge in [0, 0.05) is 43.5 Å². The average molecular weight is 407 g/mol. The van der Waals surface area contributed by atoms with Gasteiger partial charge in [0.1, 0.15) is 0 Å². The largest absolute Gasteiger partial charge is 0.490 e. The van der Waals surface area contributed by atoms with Gasteiger partial charge in [-0.2, -0.15) is 0 Å². The first-order valence-electron chi connectivity index (χ1n) is 9.93. The highest BCUT2D eigenvalue weighted by atomic mass is 16.5. The summed E-state index contributed by atoms with van der Waals surface area (Å²) in [7, 11) is 0. The lowest BCUT2D eigenvalue weighted by Crippen LogP contribution is -2.26. The first kappa shape index (κ1) is 21.1. The fourth-order valence-electron chi connectivity index (χ4n) is 2.77. The number of carbonyl (C=O) groups is 1. The molecule has 3 aromatic rings. The summed E-state index contributed by atoms with van der Waals surface area (Å²) < 4.78 is 13.2. The Morgan fingerprint density at radius 2 is 1.87 bits per heavy atom. The Bertz CT molecular complexity index is 1030. The predicted molar refractivity (Wildman–Crippen MR) is 114 cm³/mol. The summed E-state index contributed by atoms with van der Waals surface area (Å²) >= 11 is 0. The van der Waals surface area contributed by atoms with Gasteiger partial charge in [0.15, 0.2) is 11.5 Å². The van der Waals surface area contributed by atoms with E-state index in [0.717, 1.165) is 12.0 Å². The molecule has 0 aliphatic rings. The number of hydrogen-bond acceptors (Lipinski definition) is 5. The highest BCUT2D eigenvalue weighted by Gasteiger charge is 2.11. The SMILES string of the molecule is CCCOc1ccccc1Oc1ncccc1CNC(=O)CCn1ccccc1=O. The van der Waals surface area contributed by atoms with Crippen LogP contribution in [0.15, 0.2) is 71.8 Å². The van der Waals surface area contributed by atoms with Gasteiger partial charge >= 0.3 is 0 Å². The van der Waals surface area contributed by atoms with Crippen molar-refractivity contribution < 1.29 is 14.3 Å². The fraction of sp³-hybridized carbons (Fsp3) is 0.261. The van der Waals surface area contributed by atoms with Crippen molar-refractivity contribution in [3.8, 4) is 17.4 Å². The molecule has 156 valence electrons. The number of amides is 1. The number of ether oxygens (including phenoxy) is 2. The Balaban J connectivity index is 1.61. The second-order valence-electron chi connectivity index (χ2n) is 6.62. The van der Waals surface area contributed by atoms with E-state index in [0.29, 0.717) is 30.5 Å². The summed E-state index contributed by atoms with van der Waals surface area (Å²) in [6.45, 7) is 3.22. The molecular formula is C23H25N3O4. The molecule has 2 aromatic heterocycles. The molecule has 7 heteroatoms. The number of nitrogens with zero attached hydrogens (tertiary/aromatic N) is 2. The molecule has 0 saturated carbocycles. The second kappa shape index (κ2) is 10.8. The third-order valence-corrected chi connectivity index (χ3v) is 4.32. The van der Waals surface area contributed by atoms with E-state index in [2.05, 4.69) is 10.3 Å². The maximum absolute atomic E-state index is 12.2. The van der Waals surface area contributed by atoms with Gasteiger partial charge < -0.3 is 19.4 Å². The van der Waals surface area contributed by atoms with Crippen LogP contribution < -0.4 is 20.3 Å². The molecule has 2 heterocycles. The number of aryl methyl sites for hydroxylation is 1. The molecule has 0 saturated heterocycles. The summed E-state index contributed by atoms with van der Waals surface area (Å²) in [5.41, 5.74) is 0.616. The quantitative estimate of drug-likeness (QED) is 0.556. The monoisotopic (exact) mass is 407 g/mol. The number of pyridine rings is 2. The van der Waals surface area contributed by atoms with Gasteiger partial charge in [-0.3, -0.25) is 9.59 Å². The first-order chi connectivity index (χ1) is 14.7. The van der Waals surface area contributed by atoms with E-state index >= 15 is 0 Å². The molecule has 1 amide bonds. The standard InChI is InChI=1S/C23H25N3O4/c1-2-16-29-19-9-3-4-10-20(19)30-23-18(8-7-13-24-23)17-25-21(27)12-15-26-14-6-5-11-22(26)28/h3-11,13-14H,2,12,15-17H2,1H3,(H,25,27). The maximum atomic E-state index is 12.2. The zero-order valence-electron chi connectivity index (χ0n) is 16.9. The van der Waals surface area contributed by atoms with E-state index in [4.69, 9.17) is 9.47 Å². The van der Waals surface area contributed by atoms with Crippen LogP contribution in [-0.2, 0) is 17.9 Å². The van der Waals surface area contributed by atoms with E-state index in [1.54, 1.807) is 30.6 Å². The van der Waals surface area contributed by atoms with Gasteiger partial charge in [-0.25, -0.2) is 4.98 Å². The molecule has 0 aliphatic heterocycles. The topological polar surface area (TPSA) is 82.4 Å². The zero-order valence-corrected chi connectivity index (χ0v) is 16.9. The first-order valence-corrected chi connectivity index (χ1v) is 9.93. The van der Waals surface area contributed by atoms with Crippen LogP contribution in [0.25, 0.3) is 0 Å². The molecule has 30 heavy (non-hydrogen) atoms. The van der Waals surface area contributed by atoms with Crippen molar-refractivity contribution >= 4 is 5.91 Å². The Morgan fingerprint density at radius 1 is 1.07 bits per heavy atom. The third-order valence-electron chi connectivity index (χ3n) is 4.32. The number of rotatable bonds is 10. The van der Waals surface area contributed by atoms with E-state index in [1.165, 1.54) is 10.6 Å². The molecule has 0 spiro atoms. The second-order valence-corrected chi connectivity index (χ2v) is 6.62. The van der Waals surface area contributed by atoms with Crippen molar-refractivity contribution in [1.29, 1.82) is 0 Å². The predicted octanol–water partition coefficient (Wildman–Crippen LogP) is 3.53. The van der Waals surface area contributed by atoms with Crippen LogP contribution in [0.5, 0.6) is 17.4 Å². The number of aromatic nitrogens is 2. The number of carbonyl (C=O) groups excluding carboxylic acids is 1. The Kier molecular flexibility index (Phi) is 7.60. The molecule has 0 aliphatic carbocycles. The van der Waals surface area contributed by atoms with E-state index in [1.807, 2.05) is 37.3 Å². The van der Waals surface area contributed by atoms with Crippen LogP contribution in [0, 0.1) is 0 Å². The average Bonchev–Trinajstić information content (AvgIpc) is 2.77. The Hall–Kier alpha value is -3.61. The molecule has 0 atom stereocenters. The number of benzene rings is 1. The van der Waals surface area contributed by atoms with Gasteiger partial charge in [-0.15, -0.1) is 0 Å². The van der Waals surface area contributed by atoms with Crippen molar-refractivity contribution in [3.05, 3.63) is 82.9 Å². The third kappa shape index (κ3) is 5.94. The van der Waals surface area contributed by atoms with Gasteiger partial charge in [0.05, 0.1) is 6.61 Å². The zero-order chi connectivity index (χ0) is 21.2. The summed E-state index contributed by atoms with van der Waals surface area (Å²) in [4.78, 5) is 28.3. The van der Waals surface area contributed by atoms with Crippen molar-refractivity contribution in [1.82, 2.24) is 14.9 Å². The van der Waals surface area contributed by atoms with Gasteiger partial charge in [0.2, 0.25) is 11.8 Å². The minimum atomic E-state index is -0.160. The summed E-state index contributed by atoms with van der Waals surface area (Å²) in [5.74, 6) is 1.46. The summed E-state index contributed by atoms with van der Waals surface area (Å²) in [6, 6.07) is 16.0. The molecule has 0 bridgehead atoms. The summed E-state index contributed by atoms with van der Waals surface area (Å²) in [6.07, 6.45) is 4.40. The van der Waals surface area contributed by atoms with E-state index < -0.39 is 0 Å². The molecule has 7 nitrogen and oxygen atoms in total. The van der Waals surface area contributed by atoms with Gasteiger partial charge in [-0.05, 0) is 30.7 Å². The smallest absolute Gasteiger partial charge is 0.250 e. The molecule has 0 fully saturated rings. The lowest BCUT2D eigenvalue weighted by Gasteiger charge is -2.14.